The molecule has 0 spiro atoms. The second-order valence-electron chi connectivity index (χ2n) is 8.33. The Hall–Kier alpha value is -1.21. The van der Waals surface area contributed by atoms with Crippen molar-refractivity contribution in [3.8, 4) is 0 Å². The summed E-state index contributed by atoms with van der Waals surface area (Å²) >= 11 is 0. The smallest absolute Gasteiger partial charge is 0.328 e. The minimum absolute atomic E-state index is 0.213. The highest BCUT2D eigenvalue weighted by atomic mass is 28.4. The van der Waals surface area contributed by atoms with Crippen LogP contribution in [0.4, 0.5) is 0 Å². The largest absolute Gasteiger partial charge is 0.478 e. The van der Waals surface area contributed by atoms with Gasteiger partial charge in [-0.3, -0.25) is 0 Å². The van der Waals surface area contributed by atoms with Crippen LogP contribution in [0, 0.1) is 5.92 Å². The summed E-state index contributed by atoms with van der Waals surface area (Å²) in [4.78, 5) is 10.9. The first kappa shape index (κ1) is 25.8. The van der Waals surface area contributed by atoms with Crippen molar-refractivity contribution in [1.29, 1.82) is 0 Å². The zero-order valence-electron chi connectivity index (χ0n) is 18.2. The molecule has 2 N–H and O–H groups in total. The van der Waals surface area contributed by atoms with Gasteiger partial charge < -0.3 is 19.4 Å². The first-order chi connectivity index (χ1) is 12.3. The van der Waals surface area contributed by atoms with Crippen molar-refractivity contribution in [2.75, 3.05) is 7.11 Å². The molecule has 0 saturated heterocycles. The molecule has 0 unspecified atom stereocenters. The zero-order chi connectivity index (χ0) is 21.3. The first-order valence-corrected chi connectivity index (χ1v) is 12.9. The minimum atomic E-state index is -1.89. The number of hydrogen-bond donors (Lipinski definition) is 2. The maximum absolute atomic E-state index is 10.9. The van der Waals surface area contributed by atoms with Crippen LogP contribution < -0.4 is 0 Å². The number of carboxylic acids is 1. The molecule has 5 nitrogen and oxygen atoms in total. The maximum Gasteiger partial charge on any atom is 0.328 e. The molecule has 0 amide bonds. The van der Waals surface area contributed by atoms with E-state index < -0.39 is 19.9 Å². The van der Waals surface area contributed by atoms with Gasteiger partial charge >= 0.3 is 5.97 Å². The minimum Gasteiger partial charge on any atom is -0.478 e. The summed E-state index contributed by atoms with van der Waals surface area (Å²) in [6, 6.07) is 0. The van der Waals surface area contributed by atoms with E-state index in [1.165, 1.54) is 0 Å². The molecule has 0 aliphatic carbocycles. The van der Waals surface area contributed by atoms with Crippen molar-refractivity contribution in [3.05, 3.63) is 36.0 Å². The van der Waals surface area contributed by atoms with Crippen LogP contribution in [0.2, 0.25) is 19.6 Å². The lowest BCUT2D eigenvalue weighted by molar-refractivity contribution is -0.131. The summed E-state index contributed by atoms with van der Waals surface area (Å²) in [5, 5.41) is 18.5. The second-order valence-corrected chi connectivity index (χ2v) is 12.8. The lowest BCUT2D eigenvalue weighted by Crippen LogP contribution is -2.38. The Balaban J connectivity index is 5.27. The Kier molecular flexibility index (Phi) is 11.1. The number of allylic oxidation sites excluding steroid dienone is 1. The van der Waals surface area contributed by atoms with Crippen molar-refractivity contribution >= 4 is 14.3 Å². The fourth-order valence-corrected chi connectivity index (χ4v) is 4.10. The fourth-order valence-electron chi connectivity index (χ4n) is 2.65. The Labute approximate surface area is 165 Å². The van der Waals surface area contributed by atoms with Crippen LogP contribution in [0.1, 0.15) is 40.5 Å². The lowest BCUT2D eigenvalue weighted by atomic mass is 9.98. The molecule has 0 aromatic heterocycles. The van der Waals surface area contributed by atoms with Crippen LogP contribution in [0.15, 0.2) is 36.0 Å². The molecule has 0 saturated carbocycles. The van der Waals surface area contributed by atoms with E-state index in [-0.39, 0.29) is 18.1 Å². The van der Waals surface area contributed by atoms with Crippen LogP contribution in [-0.2, 0) is 14.0 Å². The summed E-state index contributed by atoms with van der Waals surface area (Å²) in [5.41, 5.74) is 0.268. The van der Waals surface area contributed by atoms with Gasteiger partial charge in [0, 0.05) is 13.2 Å². The third kappa shape index (κ3) is 12.0. The number of aliphatic hydroxyl groups is 1. The molecule has 0 aromatic rings. The molecule has 0 radical (unpaired) electrons. The highest BCUT2D eigenvalue weighted by molar-refractivity contribution is 6.69. The molecule has 0 aromatic carbocycles. The molecular formula is C21H38O5Si. The molecule has 0 bridgehead atoms. The number of aliphatic hydroxyl groups excluding tert-OH is 1. The monoisotopic (exact) mass is 398 g/mol. The lowest BCUT2D eigenvalue weighted by Gasteiger charge is -2.31. The summed E-state index contributed by atoms with van der Waals surface area (Å²) in [7, 11) is -0.246. The van der Waals surface area contributed by atoms with Crippen LogP contribution in [0.3, 0.4) is 0 Å². The normalized spacial score (nSPS) is 19.2. The van der Waals surface area contributed by atoms with Gasteiger partial charge in [-0.2, -0.15) is 0 Å². The Bertz CT molecular complexity index is 545. The molecule has 0 rings (SSSR count). The number of aliphatic carboxylic acids is 1. The van der Waals surface area contributed by atoms with Gasteiger partial charge in [-0.15, -0.1) is 0 Å². The average molecular weight is 399 g/mol. The number of rotatable bonds is 12. The number of ether oxygens (including phenoxy) is 1. The third-order valence-corrected chi connectivity index (χ3v) is 5.35. The molecule has 6 heteroatoms. The number of carboxylic acid groups (broad SMARTS) is 1. The summed E-state index contributed by atoms with van der Waals surface area (Å²) in [5.74, 6) is -0.749. The second kappa shape index (κ2) is 11.6. The van der Waals surface area contributed by atoms with Crippen LogP contribution in [0.25, 0.3) is 0 Å². The molecule has 156 valence electrons. The number of carbonyl (C=O) groups is 1. The molecule has 4 atom stereocenters. The van der Waals surface area contributed by atoms with Gasteiger partial charge in [0.1, 0.15) is 0 Å². The maximum atomic E-state index is 10.9. The van der Waals surface area contributed by atoms with Gasteiger partial charge in [-0.1, -0.05) is 25.2 Å². The Morgan fingerprint density at radius 3 is 2.26 bits per heavy atom. The molecule has 27 heavy (non-hydrogen) atoms. The van der Waals surface area contributed by atoms with E-state index in [2.05, 4.69) is 25.7 Å². The number of hydrogen-bond acceptors (Lipinski definition) is 4. The molecule has 0 heterocycles. The van der Waals surface area contributed by atoms with E-state index >= 15 is 0 Å². The van der Waals surface area contributed by atoms with Crippen LogP contribution in [-0.4, -0.2) is 49.4 Å². The van der Waals surface area contributed by atoms with Crippen molar-refractivity contribution in [2.24, 2.45) is 5.92 Å². The SMILES string of the molecule is CO[C@@H](/C=C/[C@](C)(/C=C/C(=O)O)O[Si](C)(C)C)/C(C)=C/CC[C@H](C)[C@@H](C)O. The molecule has 0 aliphatic rings. The van der Waals surface area contributed by atoms with Crippen molar-refractivity contribution < 1.29 is 24.2 Å². The van der Waals surface area contributed by atoms with Gasteiger partial charge in [-0.25, -0.2) is 4.79 Å². The topological polar surface area (TPSA) is 76.0 Å². The fraction of sp³-hybridized carbons (Fsp3) is 0.667. The molecule has 0 aliphatic heterocycles. The third-order valence-electron chi connectivity index (χ3n) is 4.30. The summed E-state index contributed by atoms with van der Waals surface area (Å²) in [6.07, 6.45) is 9.85. The van der Waals surface area contributed by atoms with E-state index in [1.54, 1.807) is 13.2 Å². The predicted molar refractivity (Wildman–Crippen MR) is 113 cm³/mol. The zero-order valence-corrected chi connectivity index (χ0v) is 19.2. The van der Waals surface area contributed by atoms with Crippen molar-refractivity contribution in [1.82, 2.24) is 0 Å². The average Bonchev–Trinajstić information content (AvgIpc) is 2.51. The number of methoxy groups -OCH3 is 1. The molecule has 0 fully saturated rings. The van der Waals surface area contributed by atoms with E-state index in [0.29, 0.717) is 0 Å². The highest BCUT2D eigenvalue weighted by Gasteiger charge is 2.27. The van der Waals surface area contributed by atoms with Gasteiger partial charge in [0.15, 0.2) is 8.32 Å². The van der Waals surface area contributed by atoms with Crippen LogP contribution >= 0.6 is 0 Å². The summed E-state index contributed by atoms with van der Waals surface area (Å²) < 4.78 is 11.8. The van der Waals surface area contributed by atoms with E-state index in [9.17, 15) is 9.90 Å². The van der Waals surface area contributed by atoms with Crippen molar-refractivity contribution in [3.63, 3.8) is 0 Å². The van der Waals surface area contributed by atoms with E-state index in [1.807, 2.05) is 39.8 Å². The van der Waals surface area contributed by atoms with E-state index in [0.717, 1.165) is 24.5 Å². The van der Waals surface area contributed by atoms with Crippen molar-refractivity contribution in [2.45, 2.75) is 78.0 Å². The quantitative estimate of drug-likeness (QED) is 0.286. The van der Waals surface area contributed by atoms with E-state index in [4.69, 9.17) is 14.3 Å². The Morgan fingerprint density at radius 2 is 1.81 bits per heavy atom. The van der Waals surface area contributed by atoms with Gasteiger partial charge in [0.25, 0.3) is 0 Å². The predicted octanol–water partition coefficient (Wildman–Crippen LogP) is 4.55. The standard InChI is InChI=1S/C21H38O5Si/c1-16(18(3)22)10-9-11-17(2)19(25-5)12-14-21(4,15-13-20(23)24)26-27(6,7)8/h11-16,18-19,22H,9-10H2,1-8H3,(H,23,24)/b14-12+,15-13+,17-11+/t16-,18+,19-,21+/m0/s1. The van der Waals surface area contributed by atoms with Gasteiger partial charge in [0.2, 0.25) is 0 Å². The summed E-state index contributed by atoms with van der Waals surface area (Å²) in [6.45, 7) is 13.9. The molecular weight excluding hydrogens is 360 g/mol. The van der Waals surface area contributed by atoms with Gasteiger partial charge in [-0.05, 0) is 70.8 Å². The van der Waals surface area contributed by atoms with Crippen LogP contribution in [0.5, 0.6) is 0 Å². The van der Waals surface area contributed by atoms with Gasteiger partial charge in [0.05, 0.1) is 17.8 Å². The Morgan fingerprint density at radius 1 is 1.22 bits per heavy atom. The first-order valence-electron chi connectivity index (χ1n) is 9.49. The highest BCUT2D eigenvalue weighted by Crippen LogP contribution is 2.23.